The van der Waals surface area contributed by atoms with Gasteiger partial charge in [-0.15, -0.1) is 0 Å². The number of rotatable bonds is 3. The first-order valence-electron chi connectivity index (χ1n) is 9.72. The Labute approximate surface area is 177 Å². The quantitative estimate of drug-likeness (QED) is 0.175. The fraction of sp³-hybridized carbons (Fsp3) is 0.0833. The summed E-state index contributed by atoms with van der Waals surface area (Å²) in [5, 5.41) is 13.5. The van der Waals surface area contributed by atoms with Crippen molar-refractivity contribution in [2.75, 3.05) is 19.0 Å². The van der Waals surface area contributed by atoms with E-state index in [-0.39, 0.29) is 5.69 Å². The predicted molar refractivity (Wildman–Crippen MR) is 121 cm³/mol. The van der Waals surface area contributed by atoms with Crippen LogP contribution in [0.1, 0.15) is 0 Å². The summed E-state index contributed by atoms with van der Waals surface area (Å²) in [6.45, 7) is 0. The normalized spacial score (nSPS) is 12.0. The van der Waals surface area contributed by atoms with Gasteiger partial charge in [0.2, 0.25) is 0 Å². The zero-order chi connectivity index (χ0) is 21.5. The van der Waals surface area contributed by atoms with Gasteiger partial charge in [0.05, 0.1) is 16.0 Å². The maximum atomic E-state index is 10.9. The highest BCUT2D eigenvalue weighted by atomic mass is 16.6. The SMILES string of the molecule is CN(C)c1ccc2nc3c4ccccc4c(=Nc4ccc([N+](=O)[O-])cc4)cc-3oc2c1. The number of anilines is 1. The molecule has 7 heteroatoms. The Morgan fingerprint density at radius 1 is 0.968 bits per heavy atom. The lowest BCUT2D eigenvalue weighted by Crippen LogP contribution is -2.08. The molecule has 7 nitrogen and oxygen atoms in total. The van der Waals surface area contributed by atoms with E-state index in [1.165, 1.54) is 12.1 Å². The van der Waals surface area contributed by atoms with Crippen LogP contribution < -0.4 is 10.3 Å². The van der Waals surface area contributed by atoms with Gasteiger partial charge in [-0.3, -0.25) is 10.1 Å². The Kier molecular flexibility index (Phi) is 4.36. The second-order valence-electron chi connectivity index (χ2n) is 7.43. The average molecular weight is 410 g/mol. The maximum absolute atomic E-state index is 10.9. The minimum absolute atomic E-state index is 0.0321. The third kappa shape index (κ3) is 3.36. The average Bonchev–Trinajstić information content (AvgIpc) is 2.78. The molecule has 0 spiro atoms. The third-order valence-corrected chi connectivity index (χ3v) is 5.18. The minimum atomic E-state index is -0.424. The largest absolute Gasteiger partial charge is 0.453 e. The first kappa shape index (κ1) is 18.7. The fourth-order valence-electron chi connectivity index (χ4n) is 3.58. The lowest BCUT2D eigenvalue weighted by atomic mass is 10.0. The lowest BCUT2D eigenvalue weighted by Gasteiger charge is -2.14. The van der Waals surface area contributed by atoms with Crippen molar-refractivity contribution in [1.82, 2.24) is 4.98 Å². The molecule has 0 atom stereocenters. The number of aromatic nitrogens is 1. The number of nitro benzene ring substituents is 1. The van der Waals surface area contributed by atoms with Crippen LogP contribution in [-0.4, -0.2) is 24.0 Å². The van der Waals surface area contributed by atoms with Crippen LogP contribution in [0, 0.1) is 10.1 Å². The van der Waals surface area contributed by atoms with Crippen molar-refractivity contribution in [2.24, 2.45) is 4.99 Å². The van der Waals surface area contributed by atoms with Crippen molar-refractivity contribution in [3.63, 3.8) is 0 Å². The number of fused-ring (bicyclic) bond motifs is 4. The highest BCUT2D eigenvalue weighted by molar-refractivity contribution is 5.96. The van der Waals surface area contributed by atoms with Crippen molar-refractivity contribution in [1.29, 1.82) is 0 Å². The summed E-state index contributed by atoms with van der Waals surface area (Å²) in [5.74, 6) is 0.628. The minimum Gasteiger partial charge on any atom is -0.453 e. The molecule has 0 aromatic heterocycles. The van der Waals surface area contributed by atoms with Gasteiger partial charge in [-0.05, 0) is 24.3 Å². The number of nitro groups is 1. The van der Waals surface area contributed by atoms with Crippen LogP contribution in [0.3, 0.4) is 0 Å². The predicted octanol–water partition coefficient (Wildman–Crippen LogP) is 5.29. The molecule has 0 N–H and O–H groups in total. The van der Waals surface area contributed by atoms with Crippen LogP contribution in [0.15, 0.2) is 82.2 Å². The van der Waals surface area contributed by atoms with E-state index in [4.69, 9.17) is 14.4 Å². The fourth-order valence-corrected chi connectivity index (χ4v) is 3.58. The molecule has 1 aliphatic carbocycles. The van der Waals surface area contributed by atoms with E-state index < -0.39 is 4.92 Å². The Bertz CT molecular complexity index is 1490. The molecule has 0 saturated carbocycles. The number of nitrogens with zero attached hydrogens (tertiary/aromatic N) is 4. The van der Waals surface area contributed by atoms with E-state index >= 15 is 0 Å². The Morgan fingerprint density at radius 3 is 2.42 bits per heavy atom. The summed E-state index contributed by atoms with van der Waals surface area (Å²) < 4.78 is 6.24. The molecule has 0 amide bonds. The van der Waals surface area contributed by atoms with Crippen molar-refractivity contribution in [3.05, 3.63) is 88.3 Å². The lowest BCUT2D eigenvalue weighted by molar-refractivity contribution is -0.384. The van der Waals surface area contributed by atoms with Gasteiger partial charge in [-0.1, -0.05) is 24.3 Å². The summed E-state index contributed by atoms with van der Waals surface area (Å²) in [7, 11) is 3.95. The van der Waals surface area contributed by atoms with Crippen LogP contribution in [0.25, 0.3) is 33.3 Å². The van der Waals surface area contributed by atoms with Crippen LogP contribution >= 0.6 is 0 Å². The molecule has 0 saturated heterocycles. The molecule has 0 radical (unpaired) electrons. The van der Waals surface area contributed by atoms with Gasteiger partial charge in [0, 0.05) is 54.8 Å². The number of benzene rings is 4. The van der Waals surface area contributed by atoms with E-state index in [0.29, 0.717) is 22.4 Å². The van der Waals surface area contributed by atoms with Gasteiger partial charge in [-0.25, -0.2) is 9.98 Å². The zero-order valence-corrected chi connectivity index (χ0v) is 16.9. The van der Waals surface area contributed by atoms with Gasteiger partial charge in [0.25, 0.3) is 5.69 Å². The molecule has 0 fully saturated rings. The van der Waals surface area contributed by atoms with Gasteiger partial charge in [0.15, 0.2) is 11.3 Å². The highest BCUT2D eigenvalue weighted by Crippen LogP contribution is 2.31. The summed E-state index contributed by atoms with van der Waals surface area (Å²) in [6.07, 6.45) is 0. The van der Waals surface area contributed by atoms with Crippen LogP contribution in [0.2, 0.25) is 0 Å². The van der Waals surface area contributed by atoms with Gasteiger partial charge in [0.1, 0.15) is 11.2 Å². The van der Waals surface area contributed by atoms with Crippen LogP contribution in [-0.2, 0) is 0 Å². The molecule has 1 heterocycles. The Hall–Kier alpha value is -4.26. The summed E-state index contributed by atoms with van der Waals surface area (Å²) >= 11 is 0. The molecule has 3 aromatic carbocycles. The molecule has 31 heavy (non-hydrogen) atoms. The molecular formula is C24H18N4O3. The third-order valence-electron chi connectivity index (χ3n) is 5.18. The van der Waals surface area contributed by atoms with Crippen molar-refractivity contribution >= 4 is 38.9 Å². The van der Waals surface area contributed by atoms with Gasteiger partial charge in [-0.2, -0.15) is 0 Å². The number of hydrogen-bond donors (Lipinski definition) is 0. The summed E-state index contributed by atoms with van der Waals surface area (Å²) in [4.78, 5) is 22.1. The van der Waals surface area contributed by atoms with Crippen molar-refractivity contribution in [3.8, 4) is 11.5 Å². The molecule has 0 bridgehead atoms. The standard InChI is InChI=1S/C24H18N4O3/c1-27(2)17-11-12-20-22(13-17)31-23-14-21(18-5-3-4-6-19(18)24(23)26-20)25-15-7-9-16(10-8-15)28(29)30/h3-14H,1-2H3. The van der Waals surface area contributed by atoms with Gasteiger partial charge >= 0.3 is 0 Å². The Morgan fingerprint density at radius 2 is 1.71 bits per heavy atom. The molecular weight excluding hydrogens is 392 g/mol. The van der Waals surface area contributed by atoms with E-state index in [1.807, 2.05) is 67.5 Å². The van der Waals surface area contributed by atoms with E-state index in [0.717, 1.165) is 27.7 Å². The van der Waals surface area contributed by atoms with Crippen molar-refractivity contribution < 1.29 is 9.34 Å². The van der Waals surface area contributed by atoms with E-state index in [1.54, 1.807) is 12.1 Å². The molecule has 0 unspecified atom stereocenters. The van der Waals surface area contributed by atoms with E-state index in [9.17, 15) is 10.1 Å². The smallest absolute Gasteiger partial charge is 0.269 e. The highest BCUT2D eigenvalue weighted by Gasteiger charge is 2.15. The topological polar surface area (TPSA) is 84.8 Å². The Balaban J connectivity index is 1.78. The van der Waals surface area contributed by atoms with Crippen molar-refractivity contribution in [2.45, 2.75) is 0 Å². The molecule has 2 aliphatic rings. The number of non-ortho nitro benzene ring substituents is 1. The number of hydrogen-bond acceptors (Lipinski definition) is 6. The first-order chi connectivity index (χ1) is 15.0. The first-order valence-corrected chi connectivity index (χ1v) is 9.72. The van der Waals surface area contributed by atoms with Crippen LogP contribution in [0.4, 0.5) is 17.1 Å². The maximum Gasteiger partial charge on any atom is 0.269 e. The molecule has 5 rings (SSSR count). The zero-order valence-electron chi connectivity index (χ0n) is 16.9. The molecule has 152 valence electrons. The molecule has 3 aromatic rings. The monoisotopic (exact) mass is 410 g/mol. The summed E-state index contributed by atoms with van der Waals surface area (Å²) in [5.41, 5.74) is 3.92. The second kappa shape index (κ2) is 7.21. The molecule has 1 aliphatic heterocycles. The van der Waals surface area contributed by atoms with E-state index in [2.05, 4.69) is 0 Å². The van der Waals surface area contributed by atoms with Crippen LogP contribution in [0.5, 0.6) is 0 Å². The second-order valence-corrected chi connectivity index (χ2v) is 7.43. The summed E-state index contributed by atoms with van der Waals surface area (Å²) in [6, 6.07) is 21.9. The van der Waals surface area contributed by atoms with Gasteiger partial charge < -0.3 is 9.32 Å².